The third-order valence-electron chi connectivity index (χ3n) is 3.37. The lowest BCUT2D eigenvalue weighted by Gasteiger charge is -2.24. The van der Waals surface area contributed by atoms with Gasteiger partial charge in [-0.3, -0.25) is 19.3 Å². The average molecular weight is 285 g/mol. The molecule has 1 unspecified atom stereocenters. The summed E-state index contributed by atoms with van der Waals surface area (Å²) in [6.07, 6.45) is 1.72. The number of nitrogens with one attached hydrogen (secondary N) is 1. The van der Waals surface area contributed by atoms with E-state index in [0.717, 1.165) is 12.8 Å². The molecule has 1 heterocycles. The van der Waals surface area contributed by atoms with Crippen LogP contribution in [0.25, 0.3) is 0 Å². The minimum atomic E-state index is -0.531. The minimum absolute atomic E-state index is 0.0205. The Morgan fingerprint density at radius 1 is 1.45 bits per heavy atom. The maximum Gasteiger partial charge on any atom is 0.247 e. The normalized spacial score (nSPS) is 19.1. The molecular formula is C13H23N3O4. The van der Waals surface area contributed by atoms with Crippen molar-refractivity contribution in [3.05, 3.63) is 0 Å². The van der Waals surface area contributed by atoms with Gasteiger partial charge in [-0.05, 0) is 12.8 Å². The van der Waals surface area contributed by atoms with Crippen LogP contribution in [0.3, 0.4) is 0 Å². The first-order valence-corrected chi connectivity index (χ1v) is 6.96. The molecule has 0 aromatic heterocycles. The standard InChI is InChI=1S/C13H23N3O4/c1-3-9(4-2)16-12(18)7-10(13(16)19)15-5-6-20-8-11(14)17/h9-10,15H,3-8H2,1-2H3,(H2,14,17). The van der Waals surface area contributed by atoms with Crippen molar-refractivity contribution in [1.82, 2.24) is 10.2 Å². The number of carbonyl (C=O) groups is 3. The molecule has 1 aliphatic rings. The van der Waals surface area contributed by atoms with Crippen LogP contribution in [0.2, 0.25) is 0 Å². The van der Waals surface area contributed by atoms with Crippen LogP contribution in [0.5, 0.6) is 0 Å². The van der Waals surface area contributed by atoms with Crippen molar-refractivity contribution < 1.29 is 19.1 Å². The van der Waals surface area contributed by atoms with Crippen LogP contribution in [0.1, 0.15) is 33.1 Å². The molecule has 1 aliphatic heterocycles. The van der Waals surface area contributed by atoms with Crippen molar-refractivity contribution in [2.24, 2.45) is 5.73 Å². The van der Waals surface area contributed by atoms with Crippen LogP contribution >= 0.6 is 0 Å². The fourth-order valence-electron chi connectivity index (χ4n) is 2.33. The summed E-state index contributed by atoms with van der Waals surface area (Å²) in [7, 11) is 0. The average Bonchev–Trinajstić information content (AvgIpc) is 2.67. The molecule has 0 radical (unpaired) electrons. The SMILES string of the molecule is CCC(CC)N1C(=O)CC(NCCOCC(N)=O)C1=O. The second-order valence-electron chi connectivity index (χ2n) is 4.80. The van der Waals surface area contributed by atoms with Gasteiger partial charge in [-0.1, -0.05) is 13.8 Å². The lowest BCUT2D eigenvalue weighted by Crippen LogP contribution is -2.44. The van der Waals surface area contributed by atoms with Gasteiger partial charge in [0.05, 0.1) is 19.1 Å². The molecule has 1 saturated heterocycles. The number of imide groups is 1. The molecular weight excluding hydrogens is 262 g/mol. The van der Waals surface area contributed by atoms with E-state index in [-0.39, 0.29) is 37.5 Å². The Labute approximate surface area is 118 Å². The van der Waals surface area contributed by atoms with Gasteiger partial charge in [-0.15, -0.1) is 0 Å². The van der Waals surface area contributed by atoms with Crippen LogP contribution in [-0.4, -0.2) is 54.5 Å². The van der Waals surface area contributed by atoms with Crippen LogP contribution in [0, 0.1) is 0 Å². The van der Waals surface area contributed by atoms with E-state index < -0.39 is 11.9 Å². The molecule has 0 bridgehead atoms. The molecule has 0 aromatic carbocycles. The highest BCUT2D eigenvalue weighted by atomic mass is 16.5. The summed E-state index contributed by atoms with van der Waals surface area (Å²) >= 11 is 0. The maximum absolute atomic E-state index is 12.2. The first-order valence-electron chi connectivity index (χ1n) is 6.96. The van der Waals surface area contributed by atoms with Gasteiger partial charge in [0.25, 0.3) is 0 Å². The number of primary amides is 1. The van der Waals surface area contributed by atoms with Crippen LogP contribution in [0.15, 0.2) is 0 Å². The Kier molecular flexibility index (Phi) is 6.60. The molecule has 3 amide bonds. The molecule has 0 aliphatic carbocycles. The van der Waals surface area contributed by atoms with E-state index in [9.17, 15) is 14.4 Å². The Hall–Kier alpha value is -1.47. The highest BCUT2D eigenvalue weighted by molar-refractivity contribution is 6.05. The first-order chi connectivity index (χ1) is 9.51. The van der Waals surface area contributed by atoms with Gasteiger partial charge >= 0.3 is 0 Å². The fourth-order valence-corrected chi connectivity index (χ4v) is 2.33. The summed E-state index contributed by atoms with van der Waals surface area (Å²) < 4.78 is 4.99. The Bertz CT molecular complexity index is 369. The van der Waals surface area contributed by atoms with Crippen molar-refractivity contribution in [3.63, 3.8) is 0 Å². The fraction of sp³-hybridized carbons (Fsp3) is 0.769. The van der Waals surface area contributed by atoms with Gasteiger partial charge < -0.3 is 15.8 Å². The first kappa shape index (κ1) is 16.6. The summed E-state index contributed by atoms with van der Waals surface area (Å²) in [5.41, 5.74) is 4.93. The molecule has 0 aromatic rings. The van der Waals surface area contributed by atoms with Crippen molar-refractivity contribution >= 4 is 17.7 Å². The third-order valence-corrected chi connectivity index (χ3v) is 3.37. The Morgan fingerprint density at radius 2 is 2.10 bits per heavy atom. The number of hydrogen-bond donors (Lipinski definition) is 2. The van der Waals surface area contributed by atoms with Gasteiger partial charge in [0.2, 0.25) is 17.7 Å². The zero-order valence-electron chi connectivity index (χ0n) is 12.1. The molecule has 0 saturated carbocycles. The maximum atomic E-state index is 12.2. The lowest BCUT2D eigenvalue weighted by atomic mass is 10.1. The van der Waals surface area contributed by atoms with Gasteiger partial charge in [-0.2, -0.15) is 0 Å². The summed E-state index contributed by atoms with van der Waals surface area (Å²) in [5, 5.41) is 2.98. The van der Waals surface area contributed by atoms with Crippen LogP contribution in [0.4, 0.5) is 0 Å². The molecule has 1 atom stereocenters. The molecule has 114 valence electrons. The second kappa shape index (κ2) is 7.96. The predicted octanol–water partition coefficient (Wildman–Crippen LogP) is -0.606. The molecule has 0 spiro atoms. The molecule has 3 N–H and O–H groups in total. The molecule has 1 rings (SSSR count). The van der Waals surface area contributed by atoms with Gasteiger partial charge in [-0.25, -0.2) is 0 Å². The van der Waals surface area contributed by atoms with Crippen molar-refractivity contribution in [2.45, 2.75) is 45.2 Å². The van der Waals surface area contributed by atoms with Gasteiger partial charge in [0.15, 0.2) is 0 Å². The second-order valence-corrected chi connectivity index (χ2v) is 4.80. The van der Waals surface area contributed by atoms with Crippen molar-refractivity contribution in [3.8, 4) is 0 Å². The molecule has 1 fully saturated rings. The van der Waals surface area contributed by atoms with E-state index in [1.807, 2.05) is 13.8 Å². The number of amides is 3. The topological polar surface area (TPSA) is 102 Å². The van der Waals surface area contributed by atoms with Crippen molar-refractivity contribution in [2.75, 3.05) is 19.8 Å². The smallest absolute Gasteiger partial charge is 0.247 e. The van der Waals surface area contributed by atoms with Gasteiger partial charge in [0.1, 0.15) is 6.61 Å². The highest BCUT2D eigenvalue weighted by Gasteiger charge is 2.40. The van der Waals surface area contributed by atoms with Crippen LogP contribution in [-0.2, 0) is 19.1 Å². The summed E-state index contributed by atoms with van der Waals surface area (Å²) in [5.74, 6) is -0.824. The largest absolute Gasteiger partial charge is 0.370 e. The van der Waals surface area contributed by atoms with Crippen molar-refractivity contribution in [1.29, 1.82) is 0 Å². The van der Waals surface area contributed by atoms with E-state index in [0.29, 0.717) is 6.54 Å². The zero-order valence-corrected chi connectivity index (χ0v) is 12.1. The number of carbonyl (C=O) groups excluding carboxylic acids is 3. The zero-order chi connectivity index (χ0) is 15.1. The summed E-state index contributed by atoms with van der Waals surface area (Å²) in [6, 6.07) is -0.506. The number of likely N-dealkylation sites (tertiary alicyclic amines) is 1. The molecule has 7 heteroatoms. The Balaban J connectivity index is 2.40. The highest BCUT2D eigenvalue weighted by Crippen LogP contribution is 2.19. The number of nitrogens with two attached hydrogens (primary N) is 1. The van der Waals surface area contributed by atoms with E-state index >= 15 is 0 Å². The van der Waals surface area contributed by atoms with E-state index in [1.54, 1.807) is 0 Å². The predicted molar refractivity (Wildman–Crippen MR) is 72.6 cm³/mol. The monoisotopic (exact) mass is 285 g/mol. The van der Waals surface area contributed by atoms with E-state index in [1.165, 1.54) is 4.90 Å². The number of ether oxygens (including phenoxy) is 1. The van der Waals surface area contributed by atoms with E-state index in [2.05, 4.69) is 5.32 Å². The number of hydrogen-bond acceptors (Lipinski definition) is 5. The van der Waals surface area contributed by atoms with Gasteiger partial charge in [0, 0.05) is 12.6 Å². The summed E-state index contributed by atoms with van der Waals surface area (Å²) in [4.78, 5) is 35.9. The minimum Gasteiger partial charge on any atom is -0.370 e. The van der Waals surface area contributed by atoms with Crippen LogP contribution < -0.4 is 11.1 Å². The number of nitrogens with zero attached hydrogens (tertiary/aromatic N) is 1. The summed E-state index contributed by atoms with van der Waals surface area (Å²) in [6.45, 7) is 4.46. The van der Waals surface area contributed by atoms with E-state index in [4.69, 9.17) is 10.5 Å². The third kappa shape index (κ3) is 4.28. The molecule has 20 heavy (non-hydrogen) atoms. The molecule has 7 nitrogen and oxygen atoms in total. The quantitative estimate of drug-likeness (QED) is 0.435. The Morgan fingerprint density at radius 3 is 2.65 bits per heavy atom. The number of rotatable bonds is 9. The lowest BCUT2D eigenvalue weighted by molar-refractivity contribution is -0.141.